The van der Waals surface area contributed by atoms with Gasteiger partial charge in [-0.15, -0.1) is 0 Å². The summed E-state index contributed by atoms with van der Waals surface area (Å²) in [5.41, 5.74) is 2.88. The molecule has 2 aromatic heterocycles. The summed E-state index contributed by atoms with van der Waals surface area (Å²) in [6, 6.07) is 13.9. The van der Waals surface area contributed by atoms with Crippen LogP contribution in [-0.4, -0.2) is 45.8 Å². The number of benzene rings is 1. The Morgan fingerprint density at radius 2 is 1.83 bits per heavy atom. The first-order chi connectivity index (χ1) is 14.7. The van der Waals surface area contributed by atoms with E-state index in [-0.39, 0.29) is 6.03 Å². The van der Waals surface area contributed by atoms with Crippen LogP contribution in [0.15, 0.2) is 61.1 Å². The van der Waals surface area contributed by atoms with Crippen LogP contribution in [0.4, 0.5) is 16.3 Å². The molecule has 7 heteroatoms. The SMILES string of the molecule is CN(Cc1cnn(Cc2ccccc2)c1)C(=O)Nc1ccc(N2CCCCC2)nc1. The molecule has 30 heavy (non-hydrogen) atoms. The number of hydrogen-bond donors (Lipinski definition) is 1. The van der Waals surface area contributed by atoms with E-state index in [1.54, 1.807) is 18.1 Å². The van der Waals surface area contributed by atoms with Crippen LogP contribution in [-0.2, 0) is 13.1 Å². The highest BCUT2D eigenvalue weighted by atomic mass is 16.2. The predicted molar refractivity (Wildman–Crippen MR) is 119 cm³/mol. The average Bonchev–Trinajstić information content (AvgIpc) is 3.22. The number of carbonyl (C=O) groups excluding carboxylic acids is 1. The lowest BCUT2D eigenvalue weighted by Crippen LogP contribution is -2.31. The normalized spacial score (nSPS) is 13.8. The van der Waals surface area contributed by atoms with E-state index < -0.39 is 0 Å². The molecule has 7 nitrogen and oxygen atoms in total. The van der Waals surface area contributed by atoms with Gasteiger partial charge in [0.05, 0.1) is 31.2 Å². The summed E-state index contributed by atoms with van der Waals surface area (Å²) in [4.78, 5) is 21.0. The van der Waals surface area contributed by atoms with Crippen molar-refractivity contribution in [1.29, 1.82) is 0 Å². The van der Waals surface area contributed by atoms with Crippen LogP contribution >= 0.6 is 0 Å². The fourth-order valence-electron chi connectivity index (χ4n) is 3.68. The molecule has 4 rings (SSSR count). The highest BCUT2D eigenvalue weighted by Crippen LogP contribution is 2.19. The molecule has 0 saturated carbocycles. The zero-order chi connectivity index (χ0) is 20.8. The molecule has 1 aliphatic heterocycles. The van der Waals surface area contributed by atoms with Crippen LogP contribution in [0, 0.1) is 0 Å². The second kappa shape index (κ2) is 9.43. The van der Waals surface area contributed by atoms with Crippen molar-refractivity contribution in [2.24, 2.45) is 0 Å². The maximum Gasteiger partial charge on any atom is 0.321 e. The summed E-state index contributed by atoms with van der Waals surface area (Å²) in [6.45, 7) is 3.31. The van der Waals surface area contributed by atoms with E-state index >= 15 is 0 Å². The number of carbonyl (C=O) groups is 1. The number of anilines is 2. The summed E-state index contributed by atoms with van der Waals surface area (Å²) in [5.74, 6) is 0.979. The number of aromatic nitrogens is 3. The summed E-state index contributed by atoms with van der Waals surface area (Å²) >= 11 is 0. The lowest BCUT2D eigenvalue weighted by Gasteiger charge is -2.27. The van der Waals surface area contributed by atoms with Gasteiger partial charge in [-0.25, -0.2) is 9.78 Å². The number of piperidine rings is 1. The van der Waals surface area contributed by atoms with Gasteiger partial charge in [0.1, 0.15) is 5.82 Å². The summed E-state index contributed by atoms with van der Waals surface area (Å²) < 4.78 is 1.89. The highest BCUT2D eigenvalue weighted by molar-refractivity contribution is 5.89. The third-order valence-corrected chi connectivity index (χ3v) is 5.32. The first-order valence-electron chi connectivity index (χ1n) is 10.5. The topological polar surface area (TPSA) is 66.3 Å². The van der Waals surface area contributed by atoms with Crippen LogP contribution in [0.25, 0.3) is 0 Å². The number of amides is 2. The van der Waals surface area contributed by atoms with Crippen molar-refractivity contribution < 1.29 is 4.79 Å². The fraction of sp³-hybridized carbons (Fsp3) is 0.348. The van der Waals surface area contributed by atoms with E-state index in [2.05, 4.69) is 32.4 Å². The van der Waals surface area contributed by atoms with Gasteiger partial charge in [0, 0.05) is 31.9 Å². The molecule has 0 atom stereocenters. The number of pyridine rings is 1. The molecule has 1 N–H and O–H groups in total. The molecule has 1 saturated heterocycles. The minimum absolute atomic E-state index is 0.168. The van der Waals surface area contributed by atoms with Crippen LogP contribution in [0.2, 0.25) is 0 Å². The number of rotatable bonds is 6. The second-order valence-electron chi connectivity index (χ2n) is 7.77. The first kappa shape index (κ1) is 19.9. The highest BCUT2D eigenvalue weighted by Gasteiger charge is 2.14. The van der Waals surface area contributed by atoms with E-state index in [1.807, 2.05) is 47.4 Å². The third-order valence-electron chi connectivity index (χ3n) is 5.32. The molecule has 1 fully saturated rings. The molecule has 0 radical (unpaired) electrons. The fourth-order valence-corrected chi connectivity index (χ4v) is 3.68. The molecule has 1 aliphatic rings. The van der Waals surface area contributed by atoms with Gasteiger partial charge < -0.3 is 15.1 Å². The minimum atomic E-state index is -0.168. The smallest absolute Gasteiger partial charge is 0.321 e. The molecular formula is C23H28N6O. The van der Waals surface area contributed by atoms with E-state index in [0.717, 1.165) is 24.5 Å². The first-order valence-corrected chi connectivity index (χ1v) is 10.5. The Labute approximate surface area is 177 Å². The predicted octanol–water partition coefficient (Wildman–Crippen LogP) is 3.98. The van der Waals surface area contributed by atoms with Gasteiger partial charge in [0.15, 0.2) is 0 Å². The van der Waals surface area contributed by atoms with Crippen LogP contribution in [0.1, 0.15) is 30.4 Å². The molecule has 3 aromatic rings. The molecule has 0 bridgehead atoms. The summed E-state index contributed by atoms with van der Waals surface area (Å²) in [6.07, 6.45) is 9.24. The van der Waals surface area contributed by atoms with Crippen molar-refractivity contribution >= 4 is 17.5 Å². The van der Waals surface area contributed by atoms with Crippen molar-refractivity contribution in [1.82, 2.24) is 19.7 Å². The standard InChI is InChI=1S/C23H28N6O/c1-27(16-20-14-25-29(18-20)17-19-8-4-2-5-9-19)23(30)26-21-10-11-22(24-15-21)28-12-6-3-7-13-28/h2,4-5,8-11,14-15,18H,3,6-7,12-13,16-17H2,1H3,(H,26,30). The van der Waals surface area contributed by atoms with Crippen LogP contribution in [0.5, 0.6) is 0 Å². The van der Waals surface area contributed by atoms with Gasteiger partial charge in [0.2, 0.25) is 0 Å². The van der Waals surface area contributed by atoms with Crippen LogP contribution in [0.3, 0.4) is 0 Å². The average molecular weight is 405 g/mol. The lowest BCUT2D eigenvalue weighted by molar-refractivity contribution is 0.220. The quantitative estimate of drug-likeness (QED) is 0.675. The zero-order valence-electron chi connectivity index (χ0n) is 17.4. The second-order valence-corrected chi connectivity index (χ2v) is 7.77. The monoisotopic (exact) mass is 404 g/mol. The summed E-state index contributed by atoms with van der Waals surface area (Å²) in [7, 11) is 1.78. The number of nitrogens with zero attached hydrogens (tertiary/aromatic N) is 5. The molecular weight excluding hydrogens is 376 g/mol. The van der Waals surface area contributed by atoms with Crippen LogP contribution < -0.4 is 10.2 Å². The number of hydrogen-bond acceptors (Lipinski definition) is 4. The molecule has 0 aliphatic carbocycles. The number of urea groups is 1. The largest absolute Gasteiger partial charge is 0.357 e. The third kappa shape index (κ3) is 5.17. The van der Waals surface area contributed by atoms with Gasteiger partial charge in [-0.2, -0.15) is 5.10 Å². The van der Waals surface area contributed by atoms with E-state index in [0.29, 0.717) is 18.8 Å². The van der Waals surface area contributed by atoms with Crippen molar-refractivity contribution in [3.8, 4) is 0 Å². The zero-order valence-corrected chi connectivity index (χ0v) is 17.4. The molecule has 1 aromatic carbocycles. The Hall–Kier alpha value is -3.35. The van der Waals surface area contributed by atoms with Gasteiger partial charge in [0.25, 0.3) is 0 Å². The Morgan fingerprint density at radius 3 is 2.57 bits per heavy atom. The Kier molecular flexibility index (Phi) is 6.27. The van der Waals surface area contributed by atoms with Crippen molar-refractivity contribution in [2.45, 2.75) is 32.4 Å². The van der Waals surface area contributed by atoms with Crippen molar-refractivity contribution in [2.75, 3.05) is 30.4 Å². The lowest BCUT2D eigenvalue weighted by atomic mass is 10.1. The summed E-state index contributed by atoms with van der Waals surface area (Å²) in [5, 5.41) is 7.32. The molecule has 0 unspecified atom stereocenters. The van der Waals surface area contributed by atoms with Crippen molar-refractivity contribution in [3.05, 3.63) is 72.2 Å². The van der Waals surface area contributed by atoms with E-state index in [1.165, 1.54) is 24.8 Å². The molecule has 0 spiro atoms. The molecule has 156 valence electrons. The molecule has 2 amide bonds. The Balaban J connectivity index is 1.29. The number of nitrogens with one attached hydrogen (secondary N) is 1. The Bertz CT molecular complexity index is 947. The van der Waals surface area contributed by atoms with E-state index in [9.17, 15) is 4.79 Å². The van der Waals surface area contributed by atoms with Gasteiger partial charge in [-0.1, -0.05) is 30.3 Å². The van der Waals surface area contributed by atoms with Gasteiger partial charge in [-0.3, -0.25) is 4.68 Å². The van der Waals surface area contributed by atoms with Gasteiger partial charge in [-0.05, 0) is 37.0 Å². The van der Waals surface area contributed by atoms with Crippen molar-refractivity contribution in [3.63, 3.8) is 0 Å². The minimum Gasteiger partial charge on any atom is -0.357 e. The maximum atomic E-state index is 12.6. The molecule has 3 heterocycles. The Morgan fingerprint density at radius 1 is 1.03 bits per heavy atom. The van der Waals surface area contributed by atoms with E-state index in [4.69, 9.17) is 0 Å². The van der Waals surface area contributed by atoms with Gasteiger partial charge >= 0.3 is 6.03 Å². The maximum absolute atomic E-state index is 12.6.